The highest BCUT2D eigenvalue weighted by molar-refractivity contribution is 5.81. The van der Waals surface area contributed by atoms with E-state index in [2.05, 4.69) is 73.0 Å². The standard InChI is InChI=1S/C26H29N7/c1-2-9-32(8-1)24-12-22(14-28-16-24)26-18-33(31-30-26)17-20-6-7-21-11-23(29-25(21)10-20)15-27-13-19-4-3-5-19/h1-2,6-7,10-12,14,16,18-19,27,29H,3-5,8-9,13,15,17H2. The van der Waals surface area contributed by atoms with Crippen LogP contribution in [0.1, 0.15) is 30.5 Å². The number of aromatic amines is 1. The second kappa shape index (κ2) is 8.83. The molecule has 0 unspecified atom stereocenters. The number of rotatable bonds is 8. The molecule has 1 saturated carbocycles. The summed E-state index contributed by atoms with van der Waals surface area (Å²) < 4.78 is 1.89. The highest BCUT2D eigenvalue weighted by Gasteiger charge is 2.16. The zero-order valence-electron chi connectivity index (χ0n) is 18.7. The largest absolute Gasteiger partial charge is 0.363 e. The fraction of sp³-hybridized carbons (Fsp3) is 0.346. The molecule has 6 rings (SSSR count). The van der Waals surface area contributed by atoms with Crippen molar-refractivity contribution in [2.75, 3.05) is 24.5 Å². The normalized spacial score (nSPS) is 16.1. The van der Waals surface area contributed by atoms with Gasteiger partial charge in [-0.15, -0.1) is 5.10 Å². The highest BCUT2D eigenvalue weighted by Crippen LogP contribution is 2.26. The zero-order valence-corrected chi connectivity index (χ0v) is 18.7. The molecule has 0 amide bonds. The van der Waals surface area contributed by atoms with Gasteiger partial charge in [0.1, 0.15) is 5.69 Å². The minimum absolute atomic E-state index is 0.681. The van der Waals surface area contributed by atoms with Crippen LogP contribution in [0.25, 0.3) is 22.2 Å². The average Bonchev–Trinajstić information content (AvgIpc) is 3.56. The molecule has 7 heteroatoms. The Bertz CT molecular complexity index is 1270. The third kappa shape index (κ3) is 4.41. The number of anilines is 1. The Balaban J connectivity index is 1.13. The van der Waals surface area contributed by atoms with Crippen molar-refractivity contribution in [3.63, 3.8) is 0 Å². The van der Waals surface area contributed by atoms with E-state index in [4.69, 9.17) is 0 Å². The molecule has 33 heavy (non-hydrogen) atoms. The summed E-state index contributed by atoms with van der Waals surface area (Å²) >= 11 is 0. The number of hydrogen-bond donors (Lipinski definition) is 2. The number of fused-ring (bicyclic) bond motifs is 1. The first-order chi connectivity index (χ1) is 16.3. The Morgan fingerprint density at radius 1 is 1.06 bits per heavy atom. The van der Waals surface area contributed by atoms with Gasteiger partial charge in [-0.2, -0.15) is 0 Å². The van der Waals surface area contributed by atoms with Crippen LogP contribution < -0.4 is 10.2 Å². The number of H-pyrrole nitrogens is 1. The van der Waals surface area contributed by atoms with E-state index >= 15 is 0 Å². The Kier molecular flexibility index (Phi) is 5.40. The molecule has 2 aliphatic rings. The molecule has 0 atom stereocenters. The Morgan fingerprint density at radius 2 is 1.97 bits per heavy atom. The van der Waals surface area contributed by atoms with E-state index in [1.54, 1.807) is 0 Å². The van der Waals surface area contributed by atoms with Crippen molar-refractivity contribution in [3.8, 4) is 11.3 Å². The first kappa shape index (κ1) is 20.2. The highest BCUT2D eigenvalue weighted by atomic mass is 15.4. The van der Waals surface area contributed by atoms with Crippen molar-refractivity contribution >= 4 is 16.6 Å². The van der Waals surface area contributed by atoms with Gasteiger partial charge in [-0.3, -0.25) is 4.98 Å². The van der Waals surface area contributed by atoms with Gasteiger partial charge in [-0.25, -0.2) is 4.68 Å². The van der Waals surface area contributed by atoms with E-state index in [0.717, 1.165) is 49.0 Å². The maximum atomic E-state index is 4.42. The molecule has 168 valence electrons. The molecule has 0 radical (unpaired) electrons. The average molecular weight is 440 g/mol. The second-order valence-electron chi connectivity index (χ2n) is 9.25. The molecule has 7 nitrogen and oxygen atoms in total. The Hall–Kier alpha value is -3.45. The first-order valence-corrected chi connectivity index (χ1v) is 11.9. The van der Waals surface area contributed by atoms with Crippen molar-refractivity contribution in [1.29, 1.82) is 0 Å². The molecular weight excluding hydrogens is 410 g/mol. The number of hydrogen-bond acceptors (Lipinski definition) is 5. The lowest BCUT2D eigenvalue weighted by Gasteiger charge is -2.25. The number of benzene rings is 1. The molecule has 1 aliphatic heterocycles. The van der Waals surface area contributed by atoms with Crippen molar-refractivity contribution < 1.29 is 0 Å². The van der Waals surface area contributed by atoms with Crippen molar-refractivity contribution in [2.24, 2.45) is 5.92 Å². The number of aromatic nitrogens is 5. The SMILES string of the molecule is C1=CCN(c2cncc(-c3cn(Cc4ccc5cc(CNCC6CCC6)[nH]c5c4)nn3)c2)C1. The summed E-state index contributed by atoms with van der Waals surface area (Å²) in [6.07, 6.45) is 14.3. The maximum absolute atomic E-state index is 4.42. The van der Waals surface area contributed by atoms with E-state index in [0.29, 0.717) is 6.54 Å². The van der Waals surface area contributed by atoms with Crippen molar-refractivity contribution in [3.05, 3.63) is 72.3 Å². The number of pyridine rings is 1. The summed E-state index contributed by atoms with van der Waals surface area (Å²) in [4.78, 5) is 10.3. The fourth-order valence-electron chi connectivity index (χ4n) is 4.66. The molecule has 3 aromatic heterocycles. The number of nitrogens with one attached hydrogen (secondary N) is 2. The minimum atomic E-state index is 0.681. The number of nitrogens with zero attached hydrogens (tertiary/aromatic N) is 5. The van der Waals surface area contributed by atoms with Gasteiger partial charge in [0, 0.05) is 42.6 Å². The maximum Gasteiger partial charge on any atom is 0.114 e. The fourth-order valence-corrected chi connectivity index (χ4v) is 4.66. The quantitative estimate of drug-likeness (QED) is 0.404. The summed E-state index contributed by atoms with van der Waals surface area (Å²) in [5, 5.41) is 13.6. The van der Waals surface area contributed by atoms with Gasteiger partial charge in [0.15, 0.2) is 0 Å². The van der Waals surface area contributed by atoms with Crippen LogP contribution in [0.3, 0.4) is 0 Å². The van der Waals surface area contributed by atoms with Crippen molar-refractivity contribution in [2.45, 2.75) is 32.4 Å². The van der Waals surface area contributed by atoms with E-state index in [-0.39, 0.29) is 0 Å². The summed E-state index contributed by atoms with van der Waals surface area (Å²) in [6.45, 7) is 4.56. The molecule has 4 aromatic rings. The lowest BCUT2D eigenvalue weighted by molar-refractivity contribution is 0.301. The molecule has 0 spiro atoms. The van der Waals surface area contributed by atoms with Crippen LogP contribution in [0.5, 0.6) is 0 Å². The Morgan fingerprint density at radius 3 is 2.82 bits per heavy atom. The predicted molar refractivity (Wildman–Crippen MR) is 131 cm³/mol. The van der Waals surface area contributed by atoms with Crippen LogP contribution in [0.2, 0.25) is 0 Å². The van der Waals surface area contributed by atoms with Gasteiger partial charge >= 0.3 is 0 Å². The molecular formula is C26H29N7. The second-order valence-corrected chi connectivity index (χ2v) is 9.25. The molecule has 0 saturated heterocycles. The van der Waals surface area contributed by atoms with Crippen LogP contribution in [-0.4, -0.2) is 44.6 Å². The lowest BCUT2D eigenvalue weighted by Crippen LogP contribution is -2.26. The van der Waals surface area contributed by atoms with Gasteiger partial charge in [0.05, 0.1) is 24.6 Å². The summed E-state index contributed by atoms with van der Waals surface area (Å²) in [7, 11) is 0. The van der Waals surface area contributed by atoms with Crippen LogP contribution in [0.15, 0.2) is 61.1 Å². The molecule has 2 N–H and O–H groups in total. The molecule has 1 aliphatic carbocycles. The van der Waals surface area contributed by atoms with E-state index < -0.39 is 0 Å². The van der Waals surface area contributed by atoms with E-state index in [1.165, 1.54) is 41.4 Å². The Labute approximate surface area is 193 Å². The summed E-state index contributed by atoms with van der Waals surface area (Å²) in [6, 6.07) is 11.0. The molecule has 4 heterocycles. The summed E-state index contributed by atoms with van der Waals surface area (Å²) in [5.74, 6) is 0.879. The van der Waals surface area contributed by atoms with E-state index in [9.17, 15) is 0 Å². The third-order valence-electron chi connectivity index (χ3n) is 6.80. The lowest BCUT2D eigenvalue weighted by atomic mass is 9.85. The van der Waals surface area contributed by atoms with Crippen LogP contribution in [0, 0.1) is 5.92 Å². The third-order valence-corrected chi connectivity index (χ3v) is 6.80. The van der Waals surface area contributed by atoms with Crippen molar-refractivity contribution in [1.82, 2.24) is 30.3 Å². The molecule has 1 fully saturated rings. The molecule has 1 aromatic carbocycles. The zero-order chi connectivity index (χ0) is 22.0. The first-order valence-electron chi connectivity index (χ1n) is 11.9. The monoisotopic (exact) mass is 439 g/mol. The summed E-state index contributed by atoms with van der Waals surface area (Å²) in [5.41, 5.74) is 6.56. The van der Waals surface area contributed by atoms with Crippen LogP contribution in [-0.2, 0) is 13.1 Å². The van der Waals surface area contributed by atoms with Crippen LogP contribution in [0.4, 0.5) is 5.69 Å². The smallest absolute Gasteiger partial charge is 0.114 e. The predicted octanol–water partition coefficient (Wildman–Crippen LogP) is 4.14. The minimum Gasteiger partial charge on any atom is -0.363 e. The van der Waals surface area contributed by atoms with E-state index in [1.807, 2.05) is 23.3 Å². The van der Waals surface area contributed by atoms with Gasteiger partial charge in [0.2, 0.25) is 0 Å². The molecule has 0 bridgehead atoms. The van der Waals surface area contributed by atoms with Gasteiger partial charge in [-0.05, 0) is 54.5 Å². The topological polar surface area (TPSA) is 74.7 Å². The van der Waals surface area contributed by atoms with Crippen LogP contribution >= 0.6 is 0 Å². The van der Waals surface area contributed by atoms with Gasteiger partial charge in [0.25, 0.3) is 0 Å². The van der Waals surface area contributed by atoms with Gasteiger partial charge < -0.3 is 15.2 Å². The van der Waals surface area contributed by atoms with Gasteiger partial charge in [-0.1, -0.05) is 35.9 Å².